The number of fused-ring (bicyclic) bond motifs is 3. The average Bonchev–Trinajstić information content (AvgIpc) is 2.69. The number of halogens is 3. The Balaban J connectivity index is 2.33. The van der Waals surface area contributed by atoms with E-state index in [-0.39, 0.29) is 11.2 Å². The van der Waals surface area contributed by atoms with E-state index in [1.54, 1.807) is 12.1 Å². The molecule has 0 bridgehead atoms. The van der Waals surface area contributed by atoms with Gasteiger partial charge in [0.1, 0.15) is 5.84 Å². The van der Waals surface area contributed by atoms with Crippen LogP contribution in [0.4, 0.5) is 18.9 Å². The molecule has 2 aromatic carbocycles. The van der Waals surface area contributed by atoms with Gasteiger partial charge in [0.25, 0.3) is 0 Å². The smallest absolute Gasteiger partial charge is 0.386 e. The van der Waals surface area contributed by atoms with Crippen molar-refractivity contribution in [2.75, 3.05) is 5.32 Å². The molecule has 0 saturated heterocycles. The summed E-state index contributed by atoms with van der Waals surface area (Å²) in [7, 11) is 0. The maximum absolute atomic E-state index is 13.2. The summed E-state index contributed by atoms with van der Waals surface area (Å²) in [5, 5.41) is 11.6. The van der Waals surface area contributed by atoms with Crippen molar-refractivity contribution in [3.05, 3.63) is 41.5 Å². The fraction of sp³-hybridized carbons (Fsp3) is 0.312. The lowest BCUT2D eigenvalue weighted by Crippen LogP contribution is -2.44. The van der Waals surface area contributed by atoms with Gasteiger partial charge >= 0.3 is 6.18 Å². The number of nitrogens with one attached hydrogen (secondary N) is 2. The molecule has 1 aliphatic rings. The number of rotatable bonds is 1. The zero-order valence-electron chi connectivity index (χ0n) is 12.2. The molecule has 0 fully saturated rings. The predicted molar refractivity (Wildman–Crippen MR) is 81.3 cm³/mol. The first-order valence-corrected chi connectivity index (χ1v) is 6.88. The van der Waals surface area contributed by atoms with Crippen LogP contribution >= 0.6 is 0 Å². The van der Waals surface area contributed by atoms with E-state index in [1.807, 2.05) is 13.8 Å². The second-order valence-corrected chi connectivity index (χ2v) is 6.14. The van der Waals surface area contributed by atoms with Crippen LogP contribution in [-0.2, 0) is 11.6 Å². The van der Waals surface area contributed by atoms with Gasteiger partial charge in [0.05, 0.1) is 11.6 Å². The zero-order valence-corrected chi connectivity index (χ0v) is 12.2. The van der Waals surface area contributed by atoms with Gasteiger partial charge in [-0.3, -0.25) is 5.41 Å². The lowest BCUT2D eigenvalue weighted by molar-refractivity contribution is -0.136. The Labute approximate surface area is 125 Å². The summed E-state index contributed by atoms with van der Waals surface area (Å²) >= 11 is 0. The number of hydrogen-bond donors (Lipinski definition) is 3. The van der Waals surface area contributed by atoms with Crippen molar-refractivity contribution in [2.45, 2.75) is 31.5 Å². The minimum atomic E-state index is -4.40. The molecule has 116 valence electrons. The van der Waals surface area contributed by atoms with E-state index in [1.165, 1.54) is 12.1 Å². The van der Waals surface area contributed by atoms with Crippen molar-refractivity contribution in [3.8, 4) is 0 Å². The standard InChI is InChI=1S/C16H16F3N3/c1-15(2)12-9-4-3-5-10(16(17,18)19)8(9)6-7-11(12)22-13(15)14(20)21/h3-7,13,22H,1-2H3,(H3,20,21). The molecule has 3 rings (SSSR count). The van der Waals surface area contributed by atoms with Crippen LogP contribution in [0.25, 0.3) is 10.8 Å². The summed E-state index contributed by atoms with van der Waals surface area (Å²) in [6, 6.07) is 6.88. The van der Waals surface area contributed by atoms with Crippen LogP contribution in [0.5, 0.6) is 0 Å². The van der Waals surface area contributed by atoms with Gasteiger partial charge < -0.3 is 11.1 Å². The Bertz CT molecular complexity index is 778. The highest BCUT2D eigenvalue weighted by atomic mass is 19.4. The molecule has 22 heavy (non-hydrogen) atoms. The second kappa shape index (κ2) is 4.38. The summed E-state index contributed by atoms with van der Waals surface area (Å²) < 4.78 is 39.6. The quantitative estimate of drug-likeness (QED) is 0.553. The fourth-order valence-corrected chi connectivity index (χ4v) is 3.37. The highest BCUT2D eigenvalue weighted by Gasteiger charge is 2.43. The van der Waals surface area contributed by atoms with Crippen molar-refractivity contribution in [2.24, 2.45) is 5.73 Å². The molecule has 1 aliphatic heterocycles. The molecule has 1 unspecified atom stereocenters. The van der Waals surface area contributed by atoms with E-state index in [4.69, 9.17) is 11.1 Å². The van der Waals surface area contributed by atoms with Crippen molar-refractivity contribution in [1.29, 1.82) is 5.41 Å². The Morgan fingerprint density at radius 2 is 1.86 bits per heavy atom. The van der Waals surface area contributed by atoms with Gasteiger partial charge in [-0.25, -0.2) is 0 Å². The molecule has 0 saturated carbocycles. The van der Waals surface area contributed by atoms with E-state index < -0.39 is 23.2 Å². The average molecular weight is 307 g/mol. The lowest BCUT2D eigenvalue weighted by Gasteiger charge is -2.27. The Morgan fingerprint density at radius 3 is 2.45 bits per heavy atom. The summed E-state index contributed by atoms with van der Waals surface area (Å²) in [6.07, 6.45) is -4.40. The summed E-state index contributed by atoms with van der Waals surface area (Å²) in [5.74, 6) is -0.0266. The monoisotopic (exact) mass is 307 g/mol. The van der Waals surface area contributed by atoms with E-state index in [2.05, 4.69) is 5.32 Å². The molecular formula is C16H16F3N3. The molecule has 1 atom stereocenters. The van der Waals surface area contributed by atoms with Crippen LogP contribution in [0, 0.1) is 5.41 Å². The fourth-order valence-electron chi connectivity index (χ4n) is 3.37. The van der Waals surface area contributed by atoms with Crippen LogP contribution in [0.3, 0.4) is 0 Å². The molecular weight excluding hydrogens is 291 g/mol. The third-order valence-corrected chi connectivity index (χ3v) is 4.34. The van der Waals surface area contributed by atoms with Crippen LogP contribution < -0.4 is 11.1 Å². The zero-order chi connectivity index (χ0) is 16.3. The van der Waals surface area contributed by atoms with Crippen molar-refractivity contribution in [3.63, 3.8) is 0 Å². The van der Waals surface area contributed by atoms with E-state index in [0.29, 0.717) is 5.39 Å². The van der Waals surface area contributed by atoms with Crippen molar-refractivity contribution < 1.29 is 13.2 Å². The van der Waals surface area contributed by atoms with Gasteiger partial charge in [-0.15, -0.1) is 0 Å². The summed E-state index contributed by atoms with van der Waals surface area (Å²) in [6.45, 7) is 3.77. The minimum Gasteiger partial charge on any atom is -0.386 e. The first-order chi connectivity index (χ1) is 10.1. The minimum absolute atomic E-state index is 0.0266. The first kappa shape index (κ1) is 14.7. The molecule has 0 aliphatic carbocycles. The van der Waals surface area contributed by atoms with Gasteiger partial charge in [-0.1, -0.05) is 32.0 Å². The first-order valence-electron chi connectivity index (χ1n) is 6.88. The lowest BCUT2D eigenvalue weighted by atomic mass is 9.77. The van der Waals surface area contributed by atoms with Crippen molar-refractivity contribution >= 4 is 22.3 Å². The van der Waals surface area contributed by atoms with E-state index >= 15 is 0 Å². The molecule has 6 heteroatoms. The number of hydrogen-bond acceptors (Lipinski definition) is 2. The number of benzene rings is 2. The number of amidine groups is 1. The third kappa shape index (κ3) is 1.94. The maximum Gasteiger partial charge on any atom is 0.417 e. The van der Waals surface area contributed by atoms with Crippen LogP contribution in [-0.4, -0.2) is 11.9 Å². The van der Waals surface area contributed by atoms with Gasteiger partial charge in [0.15, 0.2) is 0 Å². The Morgan fingerprint density at radius 1 is 1.18 bits per heavy atom. The van der Waals surface area contributed by atoms with Crippen molar-refractivity contribution in [1.82, 2.24) is 0 Å². The molecule has 4 N–H and O–H groups in total. The molecule has 0 radical (unpaired) electrons. The molecule has 1 heterocycles. The Hall–Kier alpha value is -2.24. The normalized spacial score (nSPS) is 19.8. The molecule has 0 aromatic heterocycles. The molecule has 0 spiro atoms. The summed E-state index contributed by atoms with van der Waals surface area (Å²) in [5.41, 5.74) is 5.94. The second-order valence-electron chi connectivity index (χ2n) is 6.14. The van der Waals surface area contributed by atoms with Gasteiger partial charge in [-0.2, -0.15) is 13.2 Å². The Kier molecular flexibility index (Phi) is 2.92. The van der Waals surface area contributed by atoms with Crippen LogP contribution in [0.2, 0.25) is 0 Å². The highest BCUT2D eigenvalue weighted by Crippen LogP contribution is 2.46. The van der Waals surface area contributed by atoms with Gasteiger partial charge in [0, 0.05) is 11.1 Å². The number of anilines is 1. The largest absolute Gasteiger partial charge is 0.417 e. The van der Waals surface area contributed by atoms with Gasteiger partial charge in [0.2, 0.25) is 0 Å². The SMILES string of the molecule is CC1(C)c2c(ccc3c(C(F)(F)F)cccc23)NC1C(=N)N. The van der Waals surface area contributed by atoms with Gasteiger partial charge in [-0.05, 0) is 28.5 Å². The number of alkyl halides is 3. The molecule has 2 aromatic rings. The number of nitrogens with two attached hydrogens (primary N) is 1. The molecule has 0 amide bonds. The topological polar surface area (TPSA) is 61.9 Å². The third-order valence-electron chi connectivity index (χ3n) is 4.34. The van der Waals surface area contributed by atoms with Crippen LogP contribution in [0.1, 0.15) is 25.0 Å². The predicted octanol–water partition coefficient (Wildman–Crippen LogP) is 3.87. The van der Waals surface area contributed by atoms with E-state index in [0.717, 1.165) is 17.3 Å². The highest BCUT2D eigenvalue weighted by molar-refractivity contribution is 5.99. The van der Waals surface area contributed by atoms with Crippen LogP contribution in [0.15, 0.2) is 30.3 Å². The van der Waals surface area contributed by atoms with E-state index in [9.17, 15) is 13.2 Å². The summed E-state index contributed by atoms with van der Waals surface area (Å²) in [4.78, 5) is 0. The molecule has 3 nitrogen and oxygen atoms in total. The maximum atomic E-state index is 13.2.